The van der Waals surface area contributed by atoms with E-state index < -0.39 is 0 Å². The number of carbonyl (C=O) groups excluding carboxylic acids is 2. The Balaban J connectivity index is 1.46. The number of piperazine rings is 1. The summed E-state index contributed by atoms with van der Waals surface area (Å²) in [6.45, 7) is 5.83. The summed E-state index contributed by atoms with van der Waals surface area (Å²) < 4.78 is 5.44. The van der Waals surface area contributed by atoms with E-state index in [-0.39, 0.29) is 23.8 Å². The fourth-order valence-corrected chi connectivity index (χ4v) is 4.54. The van der Waals surface area contributed by atoms with E-state index >= 15 is 0 Å². The van der Waals surface area contributed by atoms with Crippen LogP contribution in [0.25, 0.3) is 10.8 Å². The van der Waals surface area contributed by atoms with Gasteiger partial charge < -0.3 is 19.9 Å². The number of hydrogen-bond donors (Lipinski definition) is 1. The topological polar surface area (TPSA) is 61.9 Å². The Bertz CT molecular complexity index is 905. The van der Waals surface area contributed by atoms with Gasteiger partial charge >= 0.3 is 0 Å². The molecular formula is C23H29N3O3. The predicted octanol–water partition coefficient (Wildman–Crippen LogP) is 2.52. The number of ether oxygens (including phenoxy) is 1. The Labute approximate surface area is 171 Å². The van der Waals surface area contributed by atoms with E-state index in [4.69, 9.17) is 4.74 Å². The highest BCUT2D eigenvalue weighted by atomic mass is 16.5. The predicted molar refractivity (Wildman–Crippen MR) is 113 cm³/mol. The summed E-state index contributed by atoms with van der Waals surface area (Å²) in [5.74, 6) is 1.07. The van der Waals surface area contributed by atoms with E-state index in [2.05, 4.69) is 12.2 Å². The van der Waals surface area contributed by atoms with Crippen molar-refractivity contribution < 1.29 is 14.3 Å². The molecule has 2 fully saturated rings. The Morgan fingerprint density at radius 1 is 1.03 bits per heavy atom. The molecule has 0 spiro atoms. The molecule has 2 aromatic carbocycles. The Hall–Kier alpha value is -2.60. The number of fused-ring (bicyclic) bond motifs is 1. The minimum Gasteiger partial charge on any atom is -0.496 e. The minimum atomic E-state index is 0.0206. The Kier molecular flexibility index (Phi) is 5.72. The monoisotopic (exact) mass is 395 g/mol. The molecule has 2 aromatic rings. The lowest BCUT2D eigenvalue weighted by molar-refractivity contribution is -0.139. The minimum absolute atomic E-state index is 0.0206. The van der Waals surface area contributed by atoms with Gasteiger partial charge in [-0.1, -0.05) is 24.3 Å². The van der Waals surface area contributed by atoms with Gasteiger partial charge in [-0.15, -0.1) is 0 Å². The molecule has 0 radical (unpaired) electrons. The maximum absolute atomic E-state index is 13.2. The SMILES string of the molecule is COc1ccc(C(=O)N2CCC(C(=O)N3CCNC[C@@H]3C)CC2)c2ccccc12. The smallest absolute Gasteiger partial charge is 0.254 e. The second kappa shape index (κ2) is 8.41. The van der Waals surface area contributed by atoms with Gasteiger partial charge in [0.1, 0.15) is 5.75 Å². The van der Waals surface area contributed by atoms with Crippen molar-refractivity contribution in [1.29, 1.82) is 0 Å². The Morgan fingerprint density at radius 2 is 1.76 bits per heavy atom. The molecule has 2 heterocycles. The van der Waals surface area contributed by atoms with Crippen LogP contribution in [-0.4, -0.2) is 67.5 Å². The van der Waals surface area contributed by atoms with E-state index in [1.54, 1.807) is 7.11 Å². The van der Waals surface area contributed by atoms with E-state index in [0.717, 1.165) is 49.0 Å². The first-order valence-corrected chi connectivity index (χ1v) is 10.5. The summed E-state index contributed by atoms with van der Waals surface area (Å²) in [7, 11) is 1.64. The van der Waals surface area contributed by atoms with Gasteiger partial charge in [0.05, 0.1) is 7.11 Å². The first-order valence-electron chi connectivity index (χ1n) is 10.5. The van der Waals surface area contributed by atoms with Crippen LogP contribution in [0, 0.1) is 5.92 Å². The van der Waals surface area contributed by atoms with Crippen LogP contribution in [0.1, 0.15) is 30.1 Å². The molecule has 0 unspecified atom stereocenters. The molecule has 6 nitrogen and oxygen atoms in total. The highest BCUT2D eigenvalue weighted by Gasteiger charge is 2.33. The number of amides is 2. The molecule has 1 atom stereocenters. The number of hydrogen-bond acceptors (Lipinski definition) is 4. The first-order chi connectivity index (χ1) is 14.1. The average molecular weight is 396 g/mol. The normalized spacial score (nSPS) is 20.7. The van der Waals surface area contributed by atoms with Crippen LogP contribution >= 0.6 is 0 Å². The van der Waals surface area contributed by atoms with Gasteiger partial charge in [0.2, 0.25) is 5.91 Å². The summed E-state index contributed by atoms with van der Waals surface area (Å²) in [4.78, 5) is 30.1. The molecular weight excluding hydrogens is 366 g/mol. The van der Waals surface area contributed by atoms with Crippen LogP contribution in [0.5, 0.6) is 5.75 Å². The molecule has 2 aliphatic rings. The first kappa shape index (κ1) is 19.7. The second-order valence-electron chi connectivity index (χ2n) is 8.01. The fourth-order valence-electron chi connectivity index (χ4n) is 4.54. The molecule has 29 heavy (non-hydrogen) atoms. The lowest BCUT2D eigenvalue weighted by Crippen LogP contribution is -2.55. The number of carbonyl (C=O) groups is 2. The molecule has 2 saturated heterocycles. The lowest BCUT2D eigenvalue weighted by Gasteiger charge is -2.39. The van der Waals surface area contributed by atoms with Gasteiger partial charge in [0, 0.05) is 55.6 Å². The zero-order chi connectivity index (χ0) is 20.4. The van der Waals surface area contributed by atoms with Gasteiger partial charge in [-0.2, -0.15) is 0 Å². The van der Waals surface area contributed by atoms with Crippen molar-refractivity contribution in [2.45, 2.75) is 25.8 Å². The third kappa shape index (κ3) is 3.81. The third-order valence-corrected chi connectivity index (χ3v) is 6.25. The molecule has 0 aromatic heterocycles. The standard InChI is InChI=1S/C23H29N3O3/c1-16-15-24-11-14-26(16)22(27)17-9-12-25(13-10-17)23(28)20-7-8-21(29-2)19-6-4-3-5-18(19)20/h3-8,16-17,24H,9-15H2,1-2H3/t16-/m0/s1. The number of nitrogens with zero attached hydrogens (tertiary/aromatic N) is 2. The highest BCUT2D eigenvalue weighted by Crippen LogP contribution is 2.30. The van der Waals surface area contributed by atoms with Crippen LogP contribution in [0.3, 0.4) is 0 Å². The number of rotatable bonds is 3. The van der Waals surface area contributed by atoms with Crippen molar-refractivity contribution >= 4 is 22.6 Å². The van der Waals surface area contributed by atoms with Crippen LogP contribution in [0.4, 0.5) is 0 Å². The van der Waals surface area contributed by atoms with Crippen molar-refractivity contribution in [1.82, 2.24) is 15.1 Å². The van der Waals surface area contributed by atoms with Gasteiger partial charge in [-0.3, -0.25) is 9.59 Å². The quantitative estimate of drug-likeness (QED) is 0.868. The largest absolute Gasteiger partial charge is 0.496 e. The Morgan fingerprint density at radius 3 is 2.45 bits per heavy atom. The molecule has 4 rings (SSSR count). The molecule has 0 bridgehead atoms. The lowest BCUT2D eigenvalue weighted by atomic mass is 9.93. The third-order valence-electron chi connectivity index (χ3n) is 6.25. The second-order valence-corrected chi connectivity index (χ2v) is 8.01. The fraction of sp³-hybridized carbons (Fsp3) is 0.478. The number of nitrogens with one attached hydrogen (secondary N) is 1. The highest BCUT2D eigenvalue weighted by molar-refractivity contribution is 6.08. The van der Waals surface area contributed by atoms with Crippen molar-refractivity contribution in [3.8, 4) is 5.75 Å². The maximum atomic E-state index is 13.2. The zero-order valence-electron chi connectivity index (χ0n) is 17.2. The van der Waals surface area contributed by atoms with E-state index in [9.17, 15) is 9.59 Å². The van der Waals surface area contributed by atoms with Gasteiger partial charge in [0.15, 0.2) is 0 Å². The molecule has 2 aliphatic heterocycles. The number of piperidine rings is 1. The molecule has 6 heteroatoms. The maximum Gasteiger partial charge on any atom is 0.254 e. The van der Waals surface area contributed by atoms with Crippen molar-refractivity contribution in [3.05, 3.63) is 42.0 Å². The molecule has 0 saturated carbocycles. The summed E-state index contributed by atoms with van der Waals surface area (Å²) in [5, 5.41) is 5.18. The van der Waals surface area contributed by atoms with Gasteiger partial charge in [-0.25, -0.2) is 0 Å². The van der Waals surface area contributed by atoms with Gasteiger partial charge in [-0.05, 0) is 37.3 Å². The van der Waals surface area contributed by atoms with Crippen LogP contribution in [-0.2, 0) is 4.79 Å². The average Bonchev–Trinajstić information content (AvgIpc) is 2.78. The van der Waals surface area contributed by atoms with Crippen molar-refractivity contribution in [3.63, 3.8) is 0 Å². The molecule has 2 amide bonds. The molecule has 0 aliphatic carbocycles. The van der Waals surface area contributed by atoms with Gasteiger partial charge in [0.25, 0.3) is 5.91 Å². The van der Waals surface area contributed by atoms with Crippen molar-refractivity contribution in [2.75, 3.05) is 39.8 Å². The van der Waals surface area contributed by atoms with Crippen LogP contribution in [0.2, 0.25) is 0 Å². The van der Waals surface area contributed by atoms with E-state index in [0.29, 0.717) is 18.7 Å². The number of methoxy groups -OCH3 is 1. The molecule has 154 valence electrons. The summed E-state index contributed by atoms with van der Waals surface area (Å²) in [6.07, 6.45) is 1.46. The van der Waals surface area contributed by atoms with Crippen LogP contribution in [0.15, 0.2) is 36.4 Å². The van der Waals surface area contributed by atoms with Crippen LogP contribution < -0.4 is 10.1 Å². The van der Waals surface area contributed by atoms with Crippen molar-refractivity contribution in [2.24, 2.45) is 5.92 Å². The van der Waals surface area contributed by atoms with E-state index in [1.807, 2.05) is 46.2 Å². The summed E-state index contributed by atoms with van der Waals surface area (Å²) in [5.41, 5.74) is 0.696. The summed E-state index contributed by atoms with van der Waals surface area (Å²) in [6, 6.07) is 11.8. The molecule has 1 N–H and O–H groups in total. The zero-order valence-corrected chi connectivity index (χ0v) is 17.2. The number of benzene rings is 2. The van der Waals surface area contributed by atoms with E-state index in [1.165, 1.54) is 0 Å². The number of likely N-dealkylation sites (tertiary alicyclic amines) is 1. The summed E-state index contributed by atoms with van der Waals surface area (Å²) >= 11 is 0.